The van der Waals surface area contributed by atoms with Crippen molar-refractivity contribution in [2.75, 3.05) is 32.1 Å². The van der Waals surface area contributed by atoms with Gasteiger partial charge in [0.1, 0.15) is 0 Å². The Morgan fingerprint density at radius 3 is 2.39 bits per heavy atom. The predicted molar refractivity (Wildman–Crippen MR) is 94.4 cm³/mol. The lowest BCUT2D eigenvalue weighted by Crippen LogP contribution is -2.25. The Morgan fingerprint density at radius 1 is 1.00 bits per heavy atom. The number of nitrogens with one attached hydrogen (secondary N) is 1. The largest absolute Gasteiger partial charge is 0.396 e. The summed E-state index contributed by atoms with van der Waals surface area (Å²) in [6.45, 7) is 0.523. The summed E-state index contributed by atoms with van der Waals surface area (Å²) in [4.78, 5) is 2.28. The number of sulfonamides is 1. The van der Waals surface area contributed by atoms with Gasteiger partial charge in [-0.3, -0.25) is 0 Å². The molecule has 126 valence electrons. The summed E-state index contributed by atoms with van der Waals surface area (Å²) >= 11 is 0. The molecule has 0 bridgehead atoms. The summed E-state index contributed by atoms with van der Waals surface area (Å²) in [5.41, 5.74) is 0.988. The molecule has 0 fully saturated rings. The number of aliphatic hydroxyl groups excluding tert-OH is 1. The van der Waals surface area contributed by atoms with Crippen molar-refractivity contribution in [2.45, 2.75) is 24.2 Å². The molecule has 2 N–H and O–H groups in total. The zero-order valence-corrected chi connectivity index (χ0v) is 14.4. The molecule has 6 heteroatoms. The minimum atomic E-state index is -3.55. The zero-order chi connectivity index (χ0) is 16.9. The Hall–Kier alpha value is -1.63. The Labute approximate surface area is 138 Å². The lowest BCUT2D eigenvalue weighted by atomic mass is 10.1. The fourth-order valence-corrected chi connectivity index (χ4v) is 3.88. The van der Waals surface area contributed by atoms with Crippen LogP contribution in [0.5, 0.6) is 0 Å². The van der Waals surface area contributed by atoms with Crippen molar-refractivity contribution in [3.05, 3.63) is 36.4 Å². The van der Waals surface area contributed by atoms with Crippen LogP contribution < -0.4 is 9.62 Å². The van der Waals surface area contributed by atoms with Gasteiger partial charge in [0.2, 0.25) is 10.0 Å². The van der Waals surface area contributed by atoms with Crippen LogP contribution in [-0.4, -0.2) is 40.8 Å². The van der Waals surface area contributed by atoms with Crippen LogP contribution in [0.1, 0.15) is 19.3 Å². The van der Waals surface area contributed by atoms with E-state index in [4.69, 9.17) is 5.11 Å². The van der Waals surface area contributed by atoms with Gasteiger partial charge in [-0.25, -0.2) is 13.1 Å². The Bertz CT molecular complexity index is 758. The second-order valence-corrected chi connectivity index (χ2v) is 7.44. The SMILES string of the molecule is CN(C)c1cccc2c(S(=O)(=O)NCCCCCO)cccc12. The normalized spacial score (nSPS) is 11.8. The maximum absolute atomic E-state index is 12.6. The van der Waals surface area contributed by atoms with Gasteiger partial charge in [-0.2, -0.15) is 0 Å². The smallest absolute Gasteiger partial charge is 0.241 e. The minimum Gasteiger partial charge on any atom is -0.396 e. The van der Waals surface area contributed by atoms with E-state index in [1.165, 1.54) is 0 Å². The lowest BCUT2D eigenvalue weighted by molar-refractivity contribution is 0.283. The number of anilines is 1. The molecule has 0 aliphatic heterocycles. The van der Waals surface area contributed by atoms with Crippen molar-refractivity contribution in [1.29, 1.82) is 0 Å². The van der Waals surface area contributed by atoms with E-state index < -0.39 is 10.0 Å². The second kappa shape index (κ2) is 7.77. The van der Waals surface area contributed by atoms with Crippen LogP contribution in [0.2, 0.25) is 0 Å². The molecule has 0 saturated heterocycles. The van der Waals surface area contributed by atoms with Gasteiger partial charge in [0.15, 0.2) is 0 Å². The molecule has 0 spiro atoms. The number of unbranched alkanes of at least 4 members (excludes halogenated alkanes) is 2. The molecule has 0 aliphatic rings. The Morgan fingerprint density at radius 2 is 1.70 bits per heavy atom. The summed E-state index contributed by atoms with van der Waals surface area (Å²) in [7, 11) is 0.332. The van der Waals surface area contributed by atoms with Crippen LogP contribution in [0.15, 0.2) is 41.3 Å². The van der Waals surface area contributed by atoms with E-state index in [1.807, 2.05) is 43.3 Å². The molecular formula is C17H24N2O3S. The van der Waals surface area contributed by atoms with Gasteiger partial charge in [-0.05, 0) is 31.4 Å². The monoisotopic (exact) mass is 336 g/mol. The number of nitrogens with zero attached hydrogens (tertiary/aromatic N) is 1. The van der Waals surface area contributed by atoms with E-state index in [0.717, 1.165) is 22.9 Å². The first-order valence-corrected chi connectivity index (χ1v) is 9.25. The van der Waals surface area contributed by atoms with Gasteiger partial charge in [0.05, 0.1) is 4.90 Å². The number of aliphatic hydroxyl groups is 1. The number of hydrogen-bond acceptors (Lipinski definition) is 4. The van der Waals surface area contributed by atoms with Crippen LogP contribution >= 0.6 is 0 Å². The number of rotatable bonds is 8. The average molecular weight is 336 g/mol. The molecule has 2 aromatic carbocycles. The van der Waals surface area contributed by atoms with Gasteiger partial charge in [0, 0.05) is 43.7 Å². The van der Waals surface area contributed by atoms with E-state index >= 15 is 0 Å². The molecule has 0 radical (unpaired) electrons. The van der Waals surface area contributed by atoms with Gasteiger partial charge >= 0.3 is 0 Å². The summed E-state index contributed by atoms with van der Waals surface area (Å²) in [5, 5.41) is 10.4. The van der Waals surface area contributed by atoms with Crippen molar-refractivity contribution in [3.63, 3.8) is 0 Å². The molecule has 0 heterocycles. The van der Waals surface area contributed by atoms with E-state index in [1.54, 1.807) is 12.1 Å². The molecule has 2 rings (SSSR count). The summed E-state index contributed by atoms with van der Waals surface area (Å²) in [5.74, 6) is 0. The first-order valence-electron chi connectivity index (χ1n) is 7.77. The third-order valence-corrected chi connectivity index (χ3v) is 5.28. The number of benzene rings is 2. The summed E-state index contributed by atoms with van der Waals surface area (Å²) < 4.78 is 27.8. The lowest BCUT2D eigenvalue weighted by Gasteiger charge is -2.17. The van der Waals surface area contributed by atoms with E-state index in [0.29, 0.717) is 24.3 Å². The maximum atomic E-state index is 12.6. The molecule has 0 amide bonds. The quantitative estimate of drug-likeness (QED) is 0.726. The highest BCUT2D eigenvalue weighted by atomic mass is 32.2. The fourth-order valence-electron chi connectivity index (χ4n) is 2.59. The molecule has 0 atom stereocenters. The van der Waals surface area contributed by atoms with Crippen molar-refractivity contribution < 1.29 is 13.5 Å². The molecule has 2 aromatic rings. The first kappa shape index (κ1) is 17.7. The van der Waals surface area contributed by atoms with Crippen molar-refractivity contribution >= 4 is 26.5 Å². The van der Waals surface area contributed by atoms with Crippen LogP contribution in [0.4, 0.5) is 5.69 Å². The summed E-state index contributed by atoms with van der Waals surface area (Å²) in [6, 6.07) is 11.0. The van der Waals surface area contributed by atoms with Crippen molar-refractivity contribution in [1.82, 2.24) is 4.72 Å². The number of fused-ring (bicyclic) bond motifs is 1. The molecule has 5 nitrogen and oxygen atoms in total. The van der Waals surface area contributed by atoms with Crippen LogP contribution in [-0.2, 0) is 10.0 Å². The Kier molecular flexibility index (Phi) is 5.98. The fraction of sp³-hybridized carbons (Fsp3) is 0.412. The Balaban J connectivity index is 2.30. The van der Waals surface area contributed by atoms with E-state index in [9.17, 15) is 8.42 Å². The molecule has 23 heavy (non-hydrogen) atoms. The van der Waals surface area contributed by atoms with E-state index in [2.05, 4.69) is 4.72 Å². The third kappa shape index (κ3) is 4.22. The van der Waals surface area contributed by atoms with Crippen LogP contribution in [0.25, 0.3) is 10.8 Å². The topological polar surface area (TPSA) is 69.6 Å². The summed E-state index contributed by atoms with van der Waals surface area (Å²) in [6.07, 6.45) is 2.22. The second-order valence-electron chi connectivity index (χ2n) is 5.70. The van der Waals surface area contributed by atoms with Crippen LogP contribution in [0, 0.1) is 0 Å². The standard InChI is InChI=1S/C17H24N2O3S/c1-19(2)16-10-6-9-15-14(16)8-7-11-17(15)23(21,22)18-12-4-3-5-13-20/h6-11,18,20H,3-5,12-13H2,1-2H3. The highest BCUT2D eigenvalue weighted by Gasteiger charge is 2.17. The van der Waals surface area contributed by atoms with Gasteiger partial charge < -0.3 is 10.0 Å². The van der Waals surface area contributed by atoms with Crippen molar-refractivity contribution in [3.8, 4) is 0 Å². The molecule has 0 saturated carbocycles. The number of hydrogen-bond donors (Lipinski definition) is 2. The van der Waals surface area contributed by atoms with Crippen LogP contribution in [0.3, 0.4) is 0 Å². The maximum Gasteiger partial charge on any atom is 0.241 e. The highest BCUT2D eigenvalue weighted by molar-refractivity contribution is 7.89. The average Bonchev–Trinajstić information content (AvgIpc) is 2.53. The zero-order valence-electron chi connectivity index (χ0n) is 13.6. The third-order valence-electron chi connectivity index (χ3n) is 3.76. The predicted octanol–water partition coefficient (Wildman–Crippen LogP) is 2.35. The van der Waals surface area contributed by atoms with Gasteiger partial charge in [-0.1, -0.05) is 24.3 Å². The molecule has 0 unspecified atom stereocenters. The van der Waals surface area contributed by atoms with Gasteiger partial charge in [-0.15, -0.1) is 0 Å². The van der Waals surface area contributed by atoms with Gasteiger partial charge in [0.25, 0.3) is 0 Å². The molecule has 0 aromatic heterocycles. The molecular weight excluding hydrogens is 312 g/mol. The molecule has 0 aliphatic carbocycles. The highest BCUT2D eigenvalue weighted by Crippen LogP contribution is 2.30. The first-order chi connectivity index (χ1) is 11.0. The minimum absolute atomic E-state index is 0.142. The van der Waals surface area contributed by atoms with E-state index in [-0.39, 0.29) is 6.61 Å². The van der Waals surface area contributed by atoms with Crippen molar-refractivity contribution in [2.24, 2.45) is 0 Å².